The summed E-state index contributed by atoms with van der Waals surface area (Å²) in [6, 6.07) is 5.09. The van der Waals surface area contributed by atoms with Crippen molar-refractivity contribution in [1.82, 2.24) is 10.3 Å². The third kappa shape index (κ3) is 3.27. The van der Waals surface area contributed by atoms with E-state index in [-0.39, 0.29) is 0 Å². The highest BCUT2D eigenvalue weighted by atomic mass is 15.2. The van der Waals surface area contributed by atoms with Crippen LogP contribution in [0.25, 0.3) is 0 Å². The third-order valence-corrected chi connectivity index (χ3v) is 4.11. The topological polar surface area (TPSA) is 28.2 Å². The minimum Gasteiger partial charge on any atom is -0.353 e. The zero-order chi connectivity index (χ0) is 13.8. The predicted molar refractivity (Wildman–Crippen MR) is 81.6 cm³/mol. The first-order chi connectivity index (χ1) is 9.13. The molecule has 1 aromatic rings. The standard InChI is InChI=1S/C16H27N3/c1-5-17-11-14-8-9-16(18-13(14)4)19-10-6-7-15(19)12(2)3/h8-9,12,15,17H,5-7,10-11H2,1-4H3. The lowest BCUT2D eigenvalue weighted by atomic mass is 10.0. The largest absolute Gasteiger partial charge is 0.353 e. The Balaban J connectivity index is 2.15. The molecule has 0 saturated carbocycles. The van der Waals surface area contributed by atoms with E-state index in [0.29, 0.717) is 12.0 Å². The molecular formula is C16H27N3. The summed E-state index contributed by atoms with van der Waals surface area (Å²) in [4.78, 5) is 7.32. The summed E-state index contributed by atoms with van der Waals surface area (Å²) in [5.41, 5.74) is 2.47. The van der Waals surface area contributed by atoms with Crippen LogP contribution < -0.4 is 10.2 Å². The fourth-order valence-corrected chi connectivity index (χ4v) is 2.95. The highest BCUT2D eigenvalue weighted by molar-refractivity contribution is 5.44. The van der Waals surface area contributed by atoms with E-state index in [2.05, 4.69) is 50.0 Å². The van der Waals surface area contributed by atoms with E-state index >= 15 is 0 Å². The zero-order valence-corrected chi connectivity index (χ0v) is 12.7. The van der Waals surface area contributed by atoms with E-state index in [1.54, 1.807) is 0 Å². The van der Waals surface area contributed by atoms with Crippen LogP contribution in [0.15, 0.2) is 12.1 Å². The molecule has 0 aromatic carbocycles. The number of hydrogen-bond acceptors (Lipinski definition) is 3. The van der Waals surface area contributed by atoms with Gasteiger partial charge in [0.1, 0.15) is 5.82 Å². The lowest BCUT2D eigenvalue weighted by Crippen LogP contribution is -2.34. The molecule has 2 rings (SSSR count). The predicted octanol–water partition coefficient (Wildman–Crippen LogP) is 3.12. The smallest absolute Gasteiger partial charge is 0.129 e. The van der Waals surface area contributed by atoms with Gasteiger partial charge >= 0.3 is 0 Å². The summed E-state index contributed by atoms with van der Waals surface area (Å²) in [6.07, 6.45) is 2.60. The van der Waals surface area contributed by atoms with Gasteiger partial charge in [-0.05, 0) is 43.9 Å². The van der Waals surface area contributed by atoms with Crippen LogP contribution in [0.5, 0.6) is 0 Å². The van der Waals surface area contributed by atoms with Crippen molar-refractivity contribution in [2.45, 2.75) is 53.1 Å². The van der Waals surface area contributed by atoms with E-state index in [4.69, 9.17) is 4.98 Å². The molecule has 0 aliphatic carbocycles. The van der Waals surface area contributed by atoms with Crippen molar-refractivity contribution < 1.29 is 0 Å². The van der Waals surface area contributed by atoms with Gasteiger partial charge in [0.25, 0.3) is 0 Å². The Labute approximate surface area is 117 Å². The maximum atomic E-state index is 4.83. The van der Waals surface area contributed by atoms with Crippen LogP contribution in [0.2, 0.25) is 0 Å². The summed E-state index contributed by atoms with van der Waals surface area (Å²) in [7, 11) is 0. The van der Waals surface area contributed by atoms with E-state index in [1.165, 1.54) is 18.4 Å². The van der Waals surface area contributed by atoms with Crippen molar-refractivity contribution in [2.75, 3.05) is 18.0 Å². The third-order valence-electron chi connectivity index (χ3n) is 4.11. The molecule has 1 aliphatic rings. The number of rotatable bonds is 5. The number of aromatic nitrogens is 1. The zero-order valence-electron chi connectivity index (χ0n) is 12.7. The highest BCUT2D eigenvalue weighted by Crippen LogP contribution is 2.28. The van der Waals surface area contributed by atoms with E-state index in [1.807, 2.05) is 0 Å². The van der Waals surface area contributed by atoms with Crippen molar-refractivity contribution in [3.63, 3.8) is 0 Å². The number of hydrogen-bond donors (Lipinski definition) is 1. The molecule has 3 heteroatoms. The van der Waals surface area contributed by atoms with Gasteiger partial charge in [-0.25, -0.2) is 4.98 Å². The Morgan fingerprint density at radius 2 is 2.21 bits per heavy atom. The number of anilines is 1. The second kappa shape index (κ2) is 6.38. The van der Waals surface area contributed by atoms with Gasteiger partial charge in [-0.2, -0.15) is 0 Å². The van der Waals surface area contributed by atoms with Gasteiger partial charge in [-0.15, -0.1) is 0 Å². The lowest BCUT2D eigenvalue weighted by Gasteiger charge is -2.29. The number of nitrogens with one attached hydrogen (secondary N) is 1. The maximum Gasteiger partial charge on any atom is 0.129 e. The summed E-state index contributed by atoms with van der Waals surface area (Å²) < 4.78 is 0. The maximum absolute atomic E-state index is 4.83. The van der Waals surface area contributed by atoms with Gasteiger partial charge in [-0.3, -0.25) is 0 Å². The molecule has 1 N–H and O–H groups in total. The summed E-state index contributed by atoms with van der Waals surface area (Å²) in [6.45, 7) is 12.0. The van der Waals surface area contributed by atoms with Crippen LogP contribution in [0.1, 0.15) is 44.9 Å². The first-order valence-electron chi connectivity index (χ1n) is 7.57. The van der Waals surface area contributed by atoms with Crippen molar-refractivity contribution in [3.8, 4) is 0 Å². The Bertz CT molecular complexity index is 414. The molecule has 1 aliphatic heterocycles. The van der Waals surface area contributed by atoms with Gasteiger partial charge in [-0.1, -0.05) is 26.8 Å². The van der Waals surface area contributed by atoms with Gasteiger partial charge in [0.15, 0.2) is 0 Å². The fourth-order valence-electron chi connectivity index (χ4n) is 2.95. The van der Waals surface area contributed by atoms with Crippen LogP contribution in [0.4, 0.5) is 5.82 Å². The molecule has 0 radical (unpaired) electrons. The van der Waals surface area contributed by atoms with Crippen LogP contribution in [0.3, 0.4) is 0 Å². The van der Waals surface area contributed by atoms with E-state index in [0.717, 1.165) is 31.1 Å². The van der Waals surface area contributed by atoms with Gasteiger partial charge in [0, 0.05) is 24.8 Å². The molecule has 106 valence electrons. The molecular weight excluding hydrogens is 234 g/mol. The van der Waals surface area contributed by atoms with Crippen LogP contribution in [-0.4, -0.2) is 24.1 Å². The molecule has 0 amide bonds. The molecule has 1 fully saturated rings. The second-order valence-corrected chi connectivity index (χ2v) is 5.84. The monoisotopic (exact) mass is 261 g/mol. The minimum atomic E-state index is 0.659. The van der Waals surface area contributed by atoms with Crippen molar-refractivity contribution >= 4 is 5.82 Å². The second-order valence-electron chi connectivity index (χ2n) is 5.84. The first kappa shape index (κ1) is 14.3. The molecule has 2 heterocycles. The molecule has 1 aromatic heterocycles. The van der Waals surface area contributed by atoms with Gasteiger partial charge < -0.3 is 10.2 Å². The minimum absolute atomic E-state index is 0.659. The number of aryl methyl sites for hydroxylation is 1. The van der Waals surface area contributed by atoms with Crippen molar-refractivity contribution in [2.24, 2.45) is 5.92 Å². The van der Waals surface area contributed by atoms with Crippen LogP contribution in [0, 0.1) is 12.8 Å². The Morgan fingerprint density at radius 1 is 1.42 bits per heavy atom. The van der Waals surface area contributed by atoms with Crippen LogP contribution >= 0.6 is 0 Å². The van der Waals surface area contributed by atoms with E-state index < -0.39 is 0 Å². The molecule has 19 heavy (non-hydrogen) atoms. The van der Waals surface area contributed by atoms with Gasteiger partial charge in [0.05, 0.1) is 0 Å². The van der Waals surface area contributed by atoms with Crippen molar-refractivity contribution in [3.05, 3.63) is 23.4 Å². The average molecular weight is 261 g/mol. The molecule has 1 unspecified atom stereocenters. The summed E-state index contributed by atoms with van der Waals surface area (Å²) >= 11 is 0. The Kier molecular flexibility index (Phi) is 4.81. The quantitative estimate of drug-likeness (QED) is 0.882. The fraction of sp³-hybridized carbons (Fsp3) is 0.688. The molecule has 1 saturated heterocycles. The molecule has 1 atom stereocenters. The van der Waals surface area contributed by atoms with Crippen molar-refractivity contribution in [1.29, 1.82) is 0 Å². The Hall–Kier alpha value is -1.09. The molecule has 0 spiro atoms. The SMILES string of the molecule is CCNCc1ccc(N2CCCC2C(C)C)nc1C. The summed E-state index contributed by atoms with van der Waals surface area (Å²) in [5, 5.41) is 3.37. The molecule has 3 nitrogen and oxygen atoms in total. The lowest BCUT2D eigenvalue weighted by molar-refractivity contribution is 0.489. The number of nitrogens with zero attached hydrogens (tertiary/aromatic N) is 2. The first-order valence-corrected chi connectivity index (χ1v) is 7.57. The van der Waals surface area contributed by atoms with Crippen LogP contribution in [-0.2, 0) is 6.54 Å². The normalized spacial score (nSPS) is 19.4. The van der Waals surface area contributed by atoms with E-state index in [9.17, 15) is 0 Å². The highest BCUT2D eigenvalue weighted by Gasteiger charge is 2.28. The average Bonchev–Trinajstić information content (AvgIpc) is 2.86. The summed E-state index contributed by atoms with van der Waals surface area (Å²) in [5.74, 6) is 1.86. The molecule has 0 bridgehead atoms. The number of pyridine rings is 1. The van der Waals surface area contributed by atoms with Gasteiger partial charge in [0.2, 0.25) is 0 Å². The Morgan fingerprint density at radius 3 is 2.84 bits per heavy atom.